The van der Waals surface area contributed by atoms with E-state index in [0.29, 0.717) is 5.44 Å². The molecule has 8 aromatic rings. The van der Waals surface area contributed by atoms with Crippen molar-refractivity contribution in [2.75, 3.05) is 0 Å². The van der Waals surface area contributed by atoms with Crippen LogP contribution in [0.25, 0.3) is 54.5 Å². The molecule has 0 bridgehead atoms. The van der Waals surface area contributed by atoms with E-state index in [1.165, 1.54) is 10.8 Å². The molecule has 8 rings (SSSR count). The number of rotatable bonds is 4. The lowest BCUT2D eigenvalue weighted by molar-refractivity contribution is 0.592. The first-order valence-electron chi connectivity index (χ1n) is 14.0. The van der Waals surface area contributed by atoms with Gasteiger partial charge in [-0.3, -0.25) is 4.98 Å². The minimum Gasteiger partial charge on any atom is -0.307 e. The summed E-state index contributed by atoms with van der Waals surface area (Å²) in [6.07, 6.45) is 1.92. The van der Waals surface area contributed by atoms with Crippen molar-refractivity contribution in [1.29, 1.82) is 0 Å². The molecule has 2 aromatic heterocycles. The summed E-state index contributed by atoms with van der Waals surface area (Å²) in [6, 6.07) is 48.7. The topological polar surface area (TPSA) is 42.9 Å². The van der Waals surface area contributed by atoms with Crippen LogP contribution in [0.15, 0.2) is 152 Å². The largest absolute Gasteiger partial charge is 0.307 e. The van der Waals surface area contributed by atoms with E-state index in [1.54, 1.807) is 0 Å². The van der Waals surface area contributed by atoms with Gasteiger partial charge in [0.1, 0.15) is 5.44 Å². The van der Waals surface area contributed by atoms with Gasteiger partial charge < -0.3 is 4.57 Å². The third kappa shape index (κ3) is 3.71. The maximum absolute atomic E-state index is 15.3. The molecule has 0 saturated carbocycles. The van der Waals surface area contributed by atoms with E-state index in [9.17, 15) is 0 Å². The molecular formula is C38H25N2OP. The first kappa shape index (κ1) is 24.7. The fourth-order valence-corrected chi connectivity index (χ4v) is 8.74. The summed E-state index contributed by atoms with van der Waals surface area (Å²) < 4.78 is 15.3. The highest BCUT2D eigenvalue weighted by molar-refractivity contribution is 7.85. The second-order valence-electron chi connectivity index (χ2n) is 10.5. The van der Waals surface area contributed by atoms with Crippen LogP contribution in [0, 0.1) is 0 Å². The van der Waals surface area contributed by atoms with Crippen LogP contribution in [-0.4, -0.2) is 9.97 Å². The third-order valence-corrected chi connectivity index (χ3v) is 11.1. The molecule has 0 amide bonds. The molecule has 0 spiro atoms. The first-order valence-corrected chi connectivity index (χ1v) is 15.7. The van der Waals surface area contributed by atoms with Gasteiger partial charge in [0.2, 0.25) is 0 Å². The Labute approximate surface area is 243 Å². The molecule has 0 saturated heterocycles. The zero-order chi connectivity index (χ0) is 28.1. The van der Waals surface area contributed by atoms with Crippen molar-refractivity contribution in [1.82, 2.24) is 9.97 Å². The molecule has 0 N–H and O–H groups in total. The van der Waals surface area contributed by atoms with Crippen molar-refractivity contribution in [2.24, 2.45) is 0 Å². The summed E-state index contributed by atoms with van der Waals surface area (Å²) in [5.74, 6) is 0. The number of pyridine rings is 2. The van der Waals surface area contributed by atoms with E-state index < -0.39 is 7.14 Å². The van der Waals surface area contributed by atoms with Crippen molar-refractivity contribution in [3.05, 3.63) is 152 Å². The molecule has 0 fully saturated rings. The molecule has 4 heteroatoms. The Hall–Kier alpha value is -5.11. The van der Waals surface area contributed by atoms with E-state index in [4.69, 9.17) is 9.97 Å². The number of hydrogen-bond donors (Lipinski definition) is 0. The van der Waals surface area contributed by atoms with Gasteiger partial charge in [-0.1, -0.05) is 140 Å². The predicted octanol–water partition coefficient (Wildman–Crippen LogP) is 8.40. The van der Waals surface area contributed by atoms with E-state index in [0.717, 1.165) is 54.3 Å². The molecule has 0 radical (unpaired) electrons. The van der Waals surface area contributed by atoms with Crippen molar-refractivity contribution in [2.45, 2.75) is 0 Å². The lowest BCUT2D eigenvalue weighted by Crippen LogP contribution is -2.27. The SMILES string of the molecule is O=P(c1ccccc1)(c1ccccc1)c1cc2c(-c3ccccc3)nc3c4ccccc4c4ccccc4c3c2cn1. The highest BCUT2D eigenvalue weighted by Crippen LogP contribution is 2.45. The smallest absolute Gasteiger partial charge is 0.188 e. The molecule has 6 aromatic carbocycles. The van der Waals surface area contributed by atoms with Crippen LogP contribution in [0.1, 0.15) is 0 Å². The summed E-state index contributed by atoms with van der Waals surface area (Å²) in [5, 5.41) is 9.11. The van der Waals surface area contributed by atoms with E-state index in [1.807, 2.05) is 91.1 Å². The highest BCUT2D eigenvalue weighted by Gasteiger charge is 2.32. The number of nitrogens with zero attached hydrogens (tertiary/aromatic N) is 2. The van der Waals surface area contributed by atoms with Crippen molar-refractivity contribution >= 4 is 66.4 Å². The Balaban J connectivity index is 1.55. The lowest BCUT2D eigenvalue weighted by Gasteiger charge is -2.20. The van der Waals surface area contributed by atoms with Gasteiger partial charge in [-0.25, -0.2) is 4.98 Å². The monoisotopic (exact) mass is 556 g/mol. The lowest BCUT2D eigenvalue weighted by atomic mass is 9.93. The van der Waals surface area contributed by atoms with Crippen LogP contribution < -0.4 is 16.0 Å². The fraction of sp³-hybridized carbons (Fsp3) is 0. The van der Waals surface area contributed by atoms with Gasteiger partial charge in [0.25, 0.3) is 0 Å². The Morgan fingerprint density at radius 1 is 0.476 bits per heavy atom. The summed E-state index contributed by atoms with van der Waals surface area (Å²) in [7, 11) is -3.28. The maximum atomic E-state index is 15.3. The summed E-state index contributed by atoms with van der Waals surface area (Å²) >= 11 is 0. The summed E-state index contributed by atoms with van der Waals surface area (Å²) in [4.78, 5) is 10.4. The van der Waals surface area contributed by atoms with Crippen molar-refractivity contribution in [3.8, 4) is 11.3 Å². The van der Waals surface area contributed by atoms with Gasteiger partial charge in [0.05, 0.1) is 11.2 Å². The number of aromatic nitrogens is 2. The molecule has 0 unspecified atom stereocenters. The quantitative estimate of drug-likeness (QED) is 0.162. The molecule has 0 aliphatic rings. The normalized spacial score (nSPS) is 11.9. The molecule has 0 aliphatic carbocycles. The number of hydrogen-bond acceptors (Lipinski definition) is 3. The Bertz CT molecular complexity index is 2270. The first-order chi connectivity index (χ1) is 20.7. The molecule has 3 nitrogen and oxygen atoms in total. The van der Waals surface area contributed by atoms with E-state index in [-0.39, 0.29) is 0 Å². The zero-order valence-electron chi connectivity index (χ0n) is 22.7. The number of benzene rings is 6. The van der Waals surface area contributed by atoms with Gasteiger partial charge in [-0.15, -0.1) is 0 Å². The second kappa shape index (κ2) is 9.76. The van der Waals surface area contributed by atoms with Gasteiger partial charge >= 0.3 is 0 Å². The predicted molar refractivity (Wildman–Crippen MR) is 177 cm³/mol. The van der Waals surface area contributed by atoms with Crippen molar-refractivity contribution in [3.63, 3.8) is 0 Å². The molecule has 198 valence electrons. The molecule has 0 atom stereocenters. The van der Waals surface area contributed by atoms with Gasteiger partial charge in [0, 0.05) is 43.9 Å². The van der Waals surface area contributed by atoms with E-state index in [2.05, 4.69) is 60.7 Å². The molecule has 42 heavy (non-hydrogen) atoms. The van der Waals surface area contributed by atoms with E-state index >= 15 is 4.57 Å². The van der Waals surface area contributed by atoms with Crippen LogP contribution in [0.4, 0.5) is 0 Å². The number of fused-ring (bicyclic) bond motifs is 8. The standard InChI is InChI=1S/C38H25N2OP/c41-42(27-16-6-2-7-17-27,28-18-8-3-9-19-28)35-24-33-34(25-39-35)36-31-22-12-10-20-29(31)30-21-11-13-23-32(30)38(36)40-37(33)26-14-4-1-5-15-26/h1-25H. The average Bonchev–Trinajstić information content (AvgIpc) is 3.08. The van der Waals surface area contributed by atoms with Crippen LogP contribution in [0.3, 0.4) is 0 Å². The van der Waals surface area contributed by atoms with Crippen LogP contribution >= 0.6 is 7.14 Å². The van der Waals surface area contributed by atoms with Gasteiger partial charge in [-0.2, -0.15) is 0 Å². The average molecular weight is 557 g/mol. The summed E-state index contributed by atoms with van der Waals surface area (Å²) in [5.41, 5.74) is 3.36. The third-order valence-electron chi connectivity index (χ3n) is 8.15. The second-order valence-corrected chi connectivity index (χ2v) is 13.2. The Morgan fingerprint density at radius 2 is 0.976 bits per heavy atom. The van der Waals surface area contributed by atoms with Crippen LogP contribution in [-0.2, 0) is 4.57 Å². The van der Waals surface area contributed by atoms with Gasteiger partial charge in [0.15, 0.2) is 7.14 Å². The zero-order valence-corrected chi connectivity index (χ0v) is 23.6. The highest BCUT2D eigenvalue weighted by atomic mass is 31.2. The van der Waals surface area contributed by atoms with Crippen LogP contribution in [0.2, 0.25) is 0 Å². The Kier molecular flexibility index (Phi) is 5.73. The molecule has 0 aliphatic heterocycles. The molecular weight excluding hydrogens is 531 g/mol. The molecule has 2 heterocycles. The van der Waals surface area contributed by atoms with Gasteiger partial charge in [-0.05, 0) is 22.2 Å². The maximum Gasteiger partial charge on any atom is 0.188 e. The summed E-state index contributed by atoms with van der Waals surface area (Å²) in [6.45, 7) is 0. The van der Waals surface area contributed by atoms with Crippen LogP contribution in [0.5, 0.6) is 0 Å². The minimum absolute atomic E-state index is 0.552. The minimum atomic E-state index is -3.28. The Morgan fingerprint density at radius 3 is 1.60 bits per heavy atom. The fourth-order valence-electron chi connectivity index (χ4n) is 6.20. The van der Waals surface area contributed by atoms with Crippen molar-refractivity contribution < 1.29 is 4.57 Å².